The van der Waals surface area contributed by atoms with E-state index in [1.807, 2.05) is 13.8 Å². The molecule has 0 saturated heterocycles. The van der Waals surface area contributed by atoms with Gasteiger partial charge in [0.1, 0.15) is 6.54 Å². The molecule has 5 nitrogen and oxygen atoms in total. The number of hydrogen-bond donors (Lipinski definition) is 1. The number of carbonyl (C=O) groups excluding carboxylic acids is 2. The highest BCUT2D eigenvalue weighted by molar-refractivity contribution is 6.16. The molecule has 0 bridgehead atoms. The number of hydrogen-bond acceptors (Lipinski definition) is 4. The lowest BCUT2D eigenvalue weighted by atomic mass is 9.96. The number of halogens is 3. The molecule has 2 rings (SSSR count). The highest BCUT2D eigenvalue weighted by Gasteiger charge is 2.33. The molecule has 172 valence electrons. The van der Waals surface area contributed by atoms with Crippen LogP contribution in [-0.4, -0.2) is 31.2 Å². The number of nitrogens with zero attached hydrogens (tertiary/aromatic N) is 1. The maximum Gasteiger partial charge on any atom is 0.416 e. The van der Waals surface area contributed by atoms with E-state index in [1.165, 1.54) is 7.11 Å². The number of carbonyl (C=O) groups is 2. The Morgan fingerprint density at radius 1 is 1.06 bits per heavy atom. The highest BCUT2D eigenvalue weighted by atomic mass is 19.4. The lowest BCUT2D eigenvalue weighted by Crippen LogP contribution is -2.38. The quantitative estimate of drug-likeness (QED) is 0.409. The van der Waals surface area contributed by atoms with Gasteiger partial charge in [0.15, 0.2) is 0 Å². The molecule has 1 amide bonds. The van der Waals surface area contributed by atoms with Crippen molar-refractivity contribution in [1.29, 1.82) is 5.41 Å². The minimum atomic E-state index is -4.63. The van der Waals surface area contributed by atoms with Gasteiger partial charge >= 0.3 is 12.1 Å². The van der Waals surface area contributed by atoms with Gasteiger partial charge in [0.2, 0.25) is 5.91 Å². The fraction of sp³-hybridized carbons (Fsp3) is 0.375. The summed E-state index contributed by atoms with van der Waals surface area (Å²) in [5.41, 5.74) is -0.765. The summed E-state index contributed by atoms with van der Waals surface area (Å²) in [6, 6.07) is 11.1. The van der Waals surface area contributed by atoms with E-state index in [-0.39, 0.29) is 29.3 Å². The molecule has 2 aromatic rings. The number of benzene rings is 2. The van der Waals surface area contributed by atoms with Crippen molar-refractivity contribution in [1.82, 2.24) is 0 Å². The van der Waals surface area contributed by atoms with Crippen LogP contribution in [0.15, 0.2) is 48.5 Å². The van der Waals surface area contributed by atoms with Crippen LogP contribution in [-0.2, 0) is 20.5 Å². The SMILES string of the molecule is CCC(CC)CC(=O)N(CC(=O)OC)c1ccc(C(F)(F)F)cc1C(=N)c1ccccc1. The van der Waals surface area contributed by atoms with Crippen LogP contribution in [0.3, 0.4) is 0 Å². The normalized spacial score (nSPS) is 11.3. The number of anilines is 1. The Bertz CT molecular complexity index is 955. The summed E-state index contributed by atoms with van der Waals surface area (Å²) in [6.07, 6.45) is -3.01. The molecule has 0 aliphatic rings. The van der Waals surface area contributed by atoms with Gasteiger partial charge in [0.05, 0.1) is 24.1 Å². The second kappa shape index (κ2) is 10.9. The Labute approximate surface area is 185 Å². The Morgan fingerprint density at radius 2 is 1.69 bits per heavy atom. The molecule has 2 aromatic carbocycles. The van der Waals surface area contributed by atoms with Gasteiger partial charge in [-0.1, -0.05) is 57.0 Å². The van der Waals surface area contributed by atoms with Crippen molar-refractivity contribution in [2.75, 3.05) is 18.6 Å². The summed E-state index contributed by atoms with van der Waals surface area (Å²) in [5.74, 6) is -1.06. The molecule has 0 aliphatic heterocycles. The van der Waals surface area contributed by atoms with Crippen molar-refractivity contribution < 1.29 is 27.5 Å². The van der Waals surface area contributed by atoms with Crippen molar-refractivity contribution in [3.05, 3.63) is 65.2 Å². The van der Waals surface area contributed by atoms with Crippen molar-refractivity contribution in [2.45, 2.75) is 39.3 Å². The molecule has 32 heavy (non-hydrogen) atoms. The Morgan fingerprint density at radius 3 is 2.22 bits per heavy atom. The molecule has 0 spiro atoms. The highest BCUT2D eigenvalue weighted by Crippen LogP contribution is 2.34. The van der Waals surface area contributed by atoms with Crippen LogP contribution in [0.4, 0.5) is 18.9 Å². The van der Waals surface area contributed by atoms with Crippen LogP contribution in [0.1, 0.15) is 49.8 Å². The number of methoxy groups -OCH3 is 1. The minimum Gasteiger partial charge on any atom is -0.468 e. The van der Waals surface area contributed by atoms with E-state index in [0.717, 1.165) is 35.9 Å². The molecule has 0 saturated carbocycles. The maximum atomic E-state index is 13.4. The molecule has 0 aliphatic carbocycles. The third-order valence-corrected chi connectivity index (χ3v) is 5.38. The predicted octanol–water partition coefficient (Wildman–Crippen LogP) is 5.45. The van der Waals surface area contributed by atoms with E-state index in [9.17, 15) is 22.8 Å². The largest absolute Gasteiger partial charge is 0.468 e. The minimum absolute atomic E-state index is 0.0632. The van der Waals surface area contributed by atoms with Crippen LogP contribution in [0, 0.1) is 11.3 Å². The number of esters is 1. The Hall–Kier alpha value is -3.16. The molecule has 0 fully saturated rings. The summed E-state index contributed by atoms with van der Waals surface area (Å²) in [7, 11) is 1.17. The molecule has 0 radical (unpaired) electrons. The van der Waals surface area contributed by atoms with Crippen LogP contribution in [0.5, 0.6) is 0 Å². The Kier molecular flexibility index (Phi) is 8.57. The molecule has 8 heteroatoms. The summed E-state index contributed by atoms with van der Waals surface area (Å²) < 4.78 is 45.0. The first-order valence-electron chi connectivity index (χ1n) is 10.3. The van der Waals surface area contributed by atoms with Crippen molar-refractivity contribution in [2.24, 2.45) is 5.92 Å². The van der Waals surface area contributed by atoms with Gasteiger partial charge in [-0.05, 0) is 24.1 Å². The second-order valence-electron chi connectivity index (χ2n) is 7.41. The topological polar surface area (TPSA) is 70.5 Å². The number of alkyl halides is 3. The number of amides is 1. The average Bonchev–Trinajstić information content (AvgIpc) is 2.79. The van der Waals surface area contributed by atoms with E-state index in [0.29, 0.717) is 5.56 Å². The summed E-state index contributed by atoms with van der Waals surface area (Å²) >= 11 is 0. The zero-order chi connectivity index (χ0) is 23.9. The number of rotatable bonds is 9. The van der Waals surface area contributed by atoms with Gasteiger partial charge in [-0.25, -0.2) is 0 Å². The summed E-state index contributed by atoms with van der Waals surface area (Å²) in [6.45, 7) is 3.43. The molecular weight excluding hydrogens is 421 g/mol. The number of ether oxygens (including phenoxy) is 1. The molecule has 0 unspecified atom stereocenters. The van der Waals surface area contributed by atoms with Crippen LogP contribution in [0.2, 0.25) is 0 Å². The lowest BCUT2D eigenvalue weighted by Gasteiger charge is -2.27. The first kappa shape index (κ1) is 25.1. The summed E-state index contributed by atoms with van der Waals surface area (Å²) in [5, 5.41) is 8.57. The molecular formula is C24H27F3N2O3. The van der Waals surface area contributed by atoms with Gasteiger partial charge in [0, 0.05) is 17.5 Å². The zero-order valence-electron chi connectivity index (χ0n) is 18.3. The first-order valence-corrected chi connectivity index (χ1v) is 10.3. The van der Waals surface area contributed by atoms with E-state index in [1.54, 1.807) is 30.3 Å². The molecule has 0 aromatic heterocycles. The van der Waals surface area contributed by atoms with Crippen molar-refractivity contribution >= 4 is 23.3 Å². The average molecular weight is 448 g/mol. The summed E-state index contributed by atoms with van der Waals surface area (Å²) in [4.78, 5) is 26.3. The zero-order valence-corrected chi connectivity index (χ0v) is 18.3. The molecule has 1 N–H and O–H groups in total. The molecule has 0 heterocycles. The van der Waals surface area contributed by atoms with E-state index < -0.39 is 30.2 Å². The van der Waals surface area contributed by atoms with E-state index in [2.05, 4.69) is 0 Å². The van der Waals surface area contributed by atoms with Gasteiger partial charge in [-0.15, -0.1) is 0 Å². The fourth-order valence-electron chi connectivity index (χ4n) is 3.34. The number of nitrogens with one attached hydrogen (secondary N) is 1. The van der Waals surface area contributed by atoms with Gasteiger partial charge < -0.3 is 9.64 Å². The van der Waals surface area contributed by atoms with Crippen molar-refractivity contribution in [3.8, 4) is 0 Å². The third-order valence-electron chi connectivity index (χ3n) is 5.38. The monoisotopic (exact) mass is 448 g/mol. The predicted molar refractivity (Wildman–Crippen MR) is 117 cm³/mol. The lowest BCUT2D eigenvalue weighted by molar-refractivity contribution is -0.140. The van der Waals surface area contributed by atoms with Gasteiger partial charge in [-0.3, -0.25) is 15.0 Å². The first-order chi connectivity index (χ1) is 15.1. The van der Waals surface area contributed by atoms with E-state index in [4.69, 9.17) is 10.1 Å². The Balaban J connectivity index is 2.63. The second-order valence-corrected chi connectivity index (χ2v) is 7.41. The maximum absolute atomic E-state index is 13.4. The standard InChI is InChI=1S/C24H27F3N2O3/c1-4-16(5-2)13-21(30)29(15-22(31)32-3)20-12-11-18(24(25,26)27)14-19(20)23(28)17-9-7-6-8-10-17/h6-12,14,16,28H,4-5,13,15H2,1-3H3. The van der Waals surface area contributed by atoms with Crippen LogP contribution >= 0.6 is 0 Å². The van der Waals surface area contributed by atoms with Crippen LogP contribution < -0.4 is 4.90 Å². The van der Waals surface area contributed by atoms with Crippen LogP contribution in [0.25, 0.3) is 0 Å². The van der Waals surface area contributed by atoms with Gasteiger partial charge in [-0.2, -0.15) is 13.2 Å². The van der Waals surface area contributed by atoms with Crippen molar-refractivity contribution in [3.63, 3.8) is 0 Å². The smallest absolute Gasteiger partial charge is 0.416 e. The fourth-order valence-corrected chi connectivity index (χ4v) is 3.34. The third kappa shape index (κ3) is 6.18. The van der Waals surface area contributed by atoms with E-state index >= 15 is 0 Å². The van der Waals surface area contributed by atoms with Gasteiger partial charge in [0.25, 0.3) is 0 Å². The molecule has 0 atom stereocenters.